The largest absolute Gasteiger partial charge is 0.397 e. The molecule has 0 atom stereocenters. The van der Waals surface area contributed by atoms with Gasteiger partial charge in [0.25, 0.3) is 0 Å². The standard InChI is InChI=1S/C12H13IN2/c13-9-12(14)10-15-8-4-7-11-5-2-1-3-6-11/h1-7,9-10H,8,14H2/b7-4+,12-9+,15-10-. The molecule has 0 aromatic heterocycles. The van der Waals surface area contributed by atoms with Gasteiger partial charge in [-0.05, 0) is 5.56 Å². The highest BCUT2D eigenvalue weighted by Gasteiger charge is 1.81. The lowest BCUT2D eigenvalue weighted by Crippen LogP contribution is -1.96. The Kier molecular flexibility index (Phi) is 5.77. The predicted molar refractivity (Wildman–Crippen MR) is 75.1 cm³/mol. The van der Waals surface area contributed by atoms with Gasteiger partial charge in [0.1, 0.15) is 0 Å². The van der Waals surface area contributed by atoms with Crippen molar-refractivity contribution in [2.24, 2.45) is 10.7 Å². The van der Waals surface area contributed by atoms with Gasteiger partial charge < -0.3 is 5.73 Å². The first-order chi connectivity index (χ1) is 7.33. The summed E-state index contributed by atoms with van der Waals surface area (Å²) in [5.74, 6) is 0. The first-order valence-corrected chi connectivity index (χ1v) is 5.85. The van der Waals surface area contributed by atoms with Crippen molar-refractivity contribution in [2.75, 3.05) is 6.54 Å². The average Bonchev–Trinajstić information content (AvgIpc) is 2.29. The summed E-state index contributed by atoms with van der Waals surface area (Å²) in [6.45, 7) is 0.653. The molecule has 2 N–H and O–H groups in total. The van der Waals surface area contributed by atoms with Crippen LogP contribution in [0.15, 0.2) is 51.2 Å². The first kappa shape index (κ1) is 12.0. The molecule has 0 bridgehead atoms. The molecule has 0 saturated carbocycles. The third-order valence-corrected chi connectivity index (χ3v) is 2.41. The zero-order valence-electron chi connectivity index (χ0n) is 8.31. The van der Waals surface area contributed by atoms with E-state index in [-0.39, 0.29) is 0 Å². The molecule has 0 aliphatic rings. The third kappa shape index (κ3) is 5.37. The molecule has 0 fully saturated rings. The van der Waals surface area contributed by atoms with E-state index in [4.69, 9.17) is 5.73 Å². The Morgan fingerprint density at radius 3 is 2.73 bits per heavy atom. The van der Waals surface area contributed by atoms with Crippen LogP contribution in [-0.2, 0) is 0 Å². The van der Waals surface area contributed by atoms with E-state index in [9.17, 15) is 0 Å². The average molecular weight is 312 g/mol. The van der Waals surface area contributed by atoms with Gasteiger partial charge in [-0.3, -0.25) is 4.99 Å². The predicted octanol–water partition coefficient (Wildman–Crippen LogP) is 3.01. The fourth-order valence-electron chi connectivity index (χ4n) is 1.00. The summed E-state index contributed by atoms with van der Waals surface area (Å²) in [5, 5.41) is 0. The summed E-state index contributed by atoms with van der Waals surface area (Å²) in [4.78, 5) is 4.15. The second-order valence-electron chi connectivity index (χ2n) is 2.92. The first-order valence-electron chi connectivity index (χ1n) is 4.60. The molecule has 0 heterocycles. The Bertz CT molecular complexity index is 366. The lowest BCUT2D eigenvalue weighted by Gasteiger charge is -1.90. The molecule has 2 nitrogen and oxygen atoms in total. The van der Waals surface area contributed by atoms with Crippen LogP contribution in [0.2, 0.25) is 0 Å². The van der Waals surface area contributed by atoms with E-state index < -0.39 is 0 Å². The van der Waals surface area contributed by atoms with Gasteiger partial charge in [0.05, 0.1) is 12.2 Å². The minimum absolute atomic E-state index is 0.653. The summed E-state index contributed by atoms with van der Waals surface area (Å²) in [5.41, 5.74) is 7.42. The number of benzene rings is 1. The van der Waals surface area contributed by atoms with Crippen LogP contribution in [0.1, 0.15) is 5.56 Å². The topological polar surface area (TPSA) is 38.4 Å². The summed E-state index contributed by atoms with van der Waals surface area (Å²) >= 11 is 2.09. The van der Waals surface area contributed by atoms with Gasteiger partial charge in [-0.1, -0.05) is 65.1 Å². The Morgan fingerprint density at radius 1 is 1.33 bits per heavy atom. The van der Waals surface area contributed by atoms with E-state index in [0.29, 0.717) is 12.2 Å². The second-order valence-corrected chi connectivity index (χ2v) is 3.54. The molecule has 15 heavy (non-hydrogen) atoms. The van der Waals surface area contributed by atoms with Gasteiger partial charge in [0.15, 0.2) is 0 Å². The molecular formula is C12H13IN2. The molecule has 0 radical (unpaired) electrons. The van der Waals surface area contributed by atoms with E-state index in [1.807, 2.05) is 30.4 Å². The number of halogens is 1. The van der Waals surface area contributed by atoms with Crippen LogP contribution in [-0.4, -0.2) is 12.8 Å². The van der Waals surface area contributed by atoms with Crippen LogP contribution in [0, 0.1) is 0 Å². The van der Waals surface area contributed by atoms with E-state index in [1.54, 1.807) is 10.3 Å². The van der Waals surface area contributed by atoms with E-state index in [0.717, 1.165) is 0 Å². The number of aliphatic imine (C=N–C) groups is 1. The number of nitrogens with two attached hydrogens (primary N) is 1. The van der Waals surface area contributed by atoms with Crippen molar-refractivity contribution in [2.45, 2.75) is 0 Å². The number of nitrogens with zero attached hydrogens (tertiary/aromatic N) is 1. The molecule has 0 aliphatic heterocycles. The molecule has 1 rings (SSSR count). The maximum Gasteiger partial charge on any atom is 0.0574 e. The van der Waals surface area contributed by atoms with Gasteiger partial charge in [-0.15, -0.1) is 0 Å². The van der Waals surface area contributed by atoms with Crippen molar-refractivity contribution in [3.63, 3.8) is 0 Å². The maximum absolute atomic E-state index is 5.55. The van der Waals surface area contributed by atoms with Gasteiger partial charge >= 0.3 is 0 Å². The zero-order chi connectivity index (χ0) is 10.9. The maximum atomic E-state index is 5.55. The molecule has 1 aromatic carbocycles. The van der Waals surface area contributed by atoms with Crippen LogP contribution in [0.4, 0.5) is 0 Å². The number of hydrogen-bond donors (Lipinski definition) is 1. The lowest BCUT2D eigenvalue weighted by atomic mass is 10.2. The highest BCUT2D eigenvalue weighted by atomic mass is 127. The highest BCUT2D eigenvalue weighted by molar-refractivity contribution is 14.1. The molecule has 0 amide bonds. The second kappa shape index (κ2) is 7.23. The van der Waals surface area contributed by atoms with Gasteiger partial charge in [-0.25, -0.2) is 0 Å². The number of hydrogen-bond acceptors (Lipinski definition) is 2. The van der Waals surface area contributed by atoms with E-state index in [2.05, 4.69) is 39.7 Å². The van der Waals surface area contributed by atoms with Crippen LogP contribution in [0.3, 0.4) is 0 Å². The summed E-state index contributed by atoms with van der Waals surface area (Å²) in [7, 11) is 0. The third-order valence-electron chi connectivity index (χ3n) is 1.69. The zero-order valence-corrected chi connectivity index (χ0v) is 10.5. The summed E-state index contributed by atoms with van der Waals surface area (Å²) in [6.07, 6.45) is 5.72. The molecule has 0 unspecified atom stereocenters. The molecule has 1 aromatic rings. The quantitative estimate of drug-likeness (QED) is 0.673. The Balaban J connectivity index is 2.38. The Morgan fingerprint density at radius 2 is 2.07 bits per heavy atom. The van der Waals surface area contributed by atoms with Crippen molar-refractivity contribution in [1.29, 1.82) is 0 Å². The van der Waals surface area contributed by atoms with Gasteiger partial charge in [0.2, 0.25) is 0 Å². The van der Waals surface area contributed by atoms with Crippen molar-refractivity contribution >= 4 is 34.9 Å². The molecule has 0 spiro atoms. The summed E-state index contributed by atoms with van der Waals surface area (Å²) < 4.78 is 1.79. The van der Waals surface area contributed by atoms with Crippen molar-refractivity contribution < 1.29 is 0 Å². The molecule has 3 heteroatoms. The van der Waals surface area contributed by atoms with Crippen LogP contribution < -0.4 is 5.73 Å². The SMILES string of the molecule is NC(/C=N\C/C=C/c1ccccc1)=C/I. The lowest BCUT2D eigenvalue weighted by molar-refractivity contribution is 1.26. The Hall–Kier alpha value is -1.10. The summed E-state index contributed by atoms with van der Waals surface area (Å²) in [6, 6.07) is 10.1. The molecule has 0 saturated heterocycles. The van der Waals surface area contributed by atoms with Gasteiger partial charge in [0, 0.05) is 10.3 Å². The minimum Gasteiger partial charge on any atom is -0.397 e. The normalized spacial score (nSPS) is 12.7. The van der Waals surface area contributed by atoms with Crippen LogP contribution >= 0.6 is 22.6 Å². The number of rotatable bonds is 4. The van der Waals surface area contributed by atoms with E-state index in [1.165, 1.54) is 5.56 Å². The van der Waals surface area contributed by atoms with Crippen LogP contribution in [0.5, 0.6) is 0 Å². The Labute approximate surface area is 104 Å². The van der Waals surface area contributed by atoms with Crippen LogP contribution in [0.25, 0.3) is 6.08 Å². The van der Waals surface area contributed by atoms with Crippen molar-refractivity contribution in [3.8, 4) is 0 Å². The minimum atomic E-state index is 0.653. The molecular weight excluding hydrogens is 299 g/mol. The molecule has 78 valence electrons. The van der Waals surface area contributed by atoms with E-state index >= 15 is 0 Å². The van der Waals surface area contributed by atoms with Crippen molar-refractivity contribution in [1.82, 2.24) is 0 Å². The van der Waals surface area contributed by atoms with Crippen molar-refractivity contribution in [3.05, 3.63) is 51.8 Å². The smallest absolute Gasteiger partial charge is 0.0574 e. The number of allylic oxidation sites excluding steroid dienone is 1. The monoisotopic (exact) mass is 312 g/mol. The van der Waals surface area contributed by atoms with Gasteiger partial charge in [-0.2, -0.15) is 0 Å². The fraction of sp³-hybridized carbons (Fsp3) is 0.0833. The molecule has 0 aliphatic carbocycles. The highest BCUT2D eigenvalue weighted by Crippen LogP contribution is 2.00. The fourth-order valence-corrected chi connectivity index (χ4v) is 1.16.